The van der Waals surface area contributed by atoms with Crippen molar-refractivity contribution in [3.8, 4) is 11.5 Å². The van der Waals surface area contributed by atoms with E-state index in [4.69, 9.17) is 28.3 Å². The van der Waals surface area contributed by atoms with E-state index in [1.54, 1.807) is 0 Å². The highest BCUT2D eigenvalue weighted by atomic mass is 35.5. The first-order valence-electron chi connectivity index (χ1n) is 10.3. The van der Waals surface area contributed by atoms with E-state index in [-0.39, 0.29) is 10.7 Å². The molecule has 33 heavy (non-hydrogen) atoms. The smallest absolute Gasteiger partial charge is 0.348 e. The molecule has 0 saturated carbocycles. The minimum absolute atomic E-state index is 0.137. The highest BCUT2D eigenvalue weighted by Crippen LogP contribution is 2.34. The maximum Gasteiger partial charge on any atom is 0.416 e. The van der Waals surface area contributed by atoms with E-state index in [9.17, 15) is 13.2 Å². The van der Waals surface area contributed by atoms with Gasteiger partial charge >= 0.3 is 6.18 Å². The molecule has 0 aliphatic carbocycles. The van der Waals surface area contributed by atoms with Gasteiger partial charge in [0.15, 0.2) is 10.9 Å². The van der Waals surface area contributed by atoms with Gasteiger partial charge in [-0.3, -0.25) is 4.90 Å². The second-order valence-electron chi connectivity index (χ2n) is 7.62. The second-order valence-corrected chi connectivity index (χ2v) is 8.41. The fourth-order valence-corrected chi connectivity index (χ4v) is 4.00. The summed E-state index contributed by atoms with van der Waals surface area (Å²) in [5, 5.41) is 7.46. The summed E-state index contributed by atoms with van der Waals surface area (Å²) in [4.78, 5) is 8.60. The maximum atomic E-state index is 13.0. The van der Waals surface area contributed by atoms with Gasteiger partial charge in [0, 0.05) is 31.7 Å². The van der Waals surface area contributed by atoms with E-state index in [2.05, 4.69) is 20.4 Å². The zero-order valence-electron chi connectivity index (χ0n) is 17.5. The number of nitrogens with zero attached hydrogens (tertiary/aromatic N) is 4. The van der Waals surface area contributed by atoms with Crippen LogP contribution in [0, 0.1) is 0 Å². The number of alkyl halides is 3. The fourth-order valence-electron chi connectivity index (χ4n) is 3.54. The summed E-state index contributed by atoms with van der Waals surface area (Å²) in [5.41, 5.74) is 0.218. The van der Waals surface area contributed by atoms with E-state index in [0.717, 1.165) is 30.7 Å². The van der Waals surface area contributed by atoms with Crippen molar-refractivity contribution >= 4 is 34.6 Å². The van der Waals surface area contributed by atoms with Crippen LogP contribution in [0.3, 0.4) is 0 Å². The van der Waals surface area contributed by atoms with Gasteiger partial charge < -0.3 is 14.7 Å². The number of aromatic nitrogens is 2. The van der Waals surface area contributed by atoms with Crippen LogP contribution in [0.4, 0.5) is 18.9 Å². The molecule has 1 aromatic heterocycles. The highest BCUT2D eigenvalue weighted by molar-refractivity contribution is 7.80. The van der Waals surface area contributed by atoms with Gasteiger partial charge in [0.1, 0.15) is 0 Å². The number of thiocarbonyl (C=S) groups is 1. The number of hydrogen-bond donors (Lipinski definition) is 1. The third-order valence-corrected chi connectivity index (χ3v) is 5.95. The minimum atomic E-state index is -4.46. The van der Waals surface area contributed by atoms with Crippen LogP contribution < -0.4 is 5.32 Å². The Kier molecular flexibility index (Phi) is 7.16. The molecular formula is C22H21ClF3N5OS. The Morgan fingerprint density at radius 1 is 1.09 bits per heavy atom. The lowest BCUT2D eigenvalue weighted by molar-refractivity contribution is -0.137. The van der Waals surface area contributed by atoms with Gasteiger partial charge in [-0.05, 0) is 49.0 Å². The molecule has 0 spiro atoms. The zero-order chi connectivity index (χ0) is 23.4. The molecule has 1 aliphatic rings. The summed E-state index contributed by atoms with van der Waals surface area (Å²) in [7, 11) is 0. The van der Waals surface area contributed by atoms with Gasteiger partial charge in [-0.25, -0.2) is 0 Å². The van der Waals surface area contributed by atoms with Gasteiger partial charge in [-0.15, -0.1) is 0 Å². The third kappa shape index (κ3) is 6.01. The topological polar surface area (TPSA) is 57.4 Å². The van der Waals surface area contributed by atoms with E-state index in [1.807, 2.05) is 35.2 Å². The van der Waals surface area contributed by atoms with Gasteiger partial charge in [0.25, 0.3) is 5.89 Å². The number of halogens is 4. The van der Waals surface area contributed by atoms with Crippen LogP contribution in [0.25, 0.3) is 11.5 Å². The Morgan fingerprint density at radius 2 is 1.88 bits per heavy atom. The molecule has 174 valence electrons. The van der Waals surface area contributed by atoms with Crippen LogP contribution in [-0.4, -0.2) is 51.2 Å². The van der Waals surface area contributed by atoms with Crippen molar-refractivity contribution in [3.63, 3.8) is 0 Å². The fraction of sp³-hybridized carbons (Fsp3) is 0.318. The lowest BCUT2D eigenvalue weighted by atomic mass is 10.2. The Morgan fingerprint density at radius 3 is 2.64 bits per heavy atom. The predicted molar refractivity (Wildman–Crippen MR) is 124 cm³/mol. The van der Waals surface area contributed by atoms with Crippen molar-refractivity contribution in [3.05, 3.63) is 64.9 Å². The molecular weight excluding hydrogens is 475 g/mol. The molecule has 1 saturated heterocycles. The van der Waals surface area contributed by atoms with Crippen LogP contribution in [0.1, 0.15) is 17.8 Å². The number of nitrogens with one attached hydrogen (secondary N) is 1. The van der Waals surface area contributed by atoms with E-state index >= 15 is 0 Å². The molecule has 11 heteroatoms. The summed E-state index contributed by atoms with van der Waals surface area (Å²) in [6, 6.07) is 12.7. The molecule has 2 heterocycles. The molecule has 1 fully saturated rings. The molecule has 1 N–H and O–H groups in total. The molecule has 3 aromatic rings. The van der Waals surface area contributed by atoms with Gasteiger partial charge in [0.05, 0.1) is 22.8 Å². The Hall–Kier alpha value is -2.69. The first-order chi connectivity index (χ1) is 15.8. The molecule has 0 radical (unpaired) electrons. The summed E-state index contributed by atoms with van der Waals surface area (Å²) in [6.07, 6.45) is -3.64. The maximum absolute atomic E-state index is 13.0. The van der Waals surface area contributed by atoms with Crippen LogP contribution in [0.15, 0.2) is 53.1 Å². The highest BCUT2D eigenvalue weighted by Gasteiger charge is 2.31. The molecule has 6 nitrogen and oxygen atoms in total. The third-order valence-electron chi connectivity index (χ3n) is 5.26. The standard InChI is InChI=1S/C22H21ClF3N5OS/c23-17-8-7-16(22(24,25)26)13-18(17)27-21(33)31-10-4-9-30(11-12-31)14-19-28-20(32-29-19)15-5-2-1-3-6-15/h1-3,5-8,13H,4,9-12,14H2,(H,27,33). The molecule has 0 atom stereocenters. The van der Waals surface area contributed by atoms with E-state index in [0.29, 0.717) is 43.0 Å². The van der Waals surface area contributed by atoms with Crippen LogP contribution in [-0.2, 0) is 12.7 Å². The predicted octanol–water partition coefficient (Wildman–Crippen LogP) is 5.31. The lowest BCUT2D eigenvalue weighted by Gasteiger charge is -2.25. The minimum Gasteiger partial charge on any atom is -0.348 e. The van der Waals surface area contributed by atoms with Crippen molar-refractivity contribution in [1.29, 1.82) is 0 Å². The average molecular weight is 496 g/mol. The van der Waals surface area contributed by atoms with Crippen molar-refractivity contribution in [1.82, 2.24) is 19.9 Å². The van der Waals surface area contributed by atoms with Crippen LogP contribution >= 0.6 is 23.8 Å². The normalized spacial score (nSPS) is 15.3. The molecule has 0 bridgehead atoms. The quantitative estimate of drug-likeness (QED) is 0.492. The Bertz CT molecular complexity index is 1110. The van der Waals surface area contributed by atoms with Gasteiger partial charge in [-0.1, -0.05) is 35.0 Å². The summed E-state index contributed by atoms with van der Waals surface area (Å²) < 4.78 is 44.5. The van der Waals surface area contributed by atoms with Crippen molar-refractivity contribution in [2.75, 3.05) is 31.5 Å². The number of anilines is 1. The second kappa shape index (κ2) is 10.1. The van der Waals surface area contributed by atoms with E-state index < -0.39 is 11.7 Å². The number of hydrogen-bond acceptors (Lipinski definition) is 5. The zero-order valence-corrected chi connectivity index (χ0v) is 19.1. The molecule has 4 rings (SSSR count). The van der Waals surface area contributed by atoms with Crippen LogP contribution in [0.5, 0.6) is 0 Å². The first-order valence-corrected chi connectivity index (χ1v) is 11.1. The monoisotopic (exact) mass is 495 g/mol. The summed E-state index contributed by atoms with van der Waals surface area (Å²) in [6.45, 7) is 3.29. The van der Waals surface area contributed by atoms with Crippen molar-refractivity contribution in [2.24, 2.45) is 0 Å². The number of rotatable bonds is 4. The molecule has 2 aromatic carbocycles. The Labute approximate surface area is 199 Å². The average Bonchev–Trinajstić information content (AvgIpc) is 3.12. The largest absolute Gasteiger partial charge is 0.416 e. The summed E-state index contributed by atoms with van der Waals surface area (Å²) in [5.74, 6) is 1.07. The van der Waals surface area contributed by atoms with Gasteiger partial charge in [0.2, 0.25) is 0 Å². The molecule has 0 amide bonds. The first kappa shape index (κ1) is 23.5. The summed E-state index contributed by atoms with van der Waals surface area (Å²) >= 11 is 11.5. The van der Waals surface area contributed by atoms with Crippen LogP contribution in [0.2, 0.25) is 5.02 Å². The molecule has 1 aliphatic heterocycles. The lowest BCUT2D eigenvalue weighted by Crippen LogP contribution is -2.38. The van der Waals surface area contributed by atoms with Gasteiger partial charge in [-0.2, -0.15) is 18.2 Å². The van der Waals surface area contributed by atoms with Crippen molar-refractivity contribution < 1.29 is 17.7 Å². The van der Waals surface area contributed by atoms with Crippen molar-refractivity contribution in [2.45, 2.75) is 19.1 Å². The van der Waals surface area contributed by atoms with E-state index in [1.165, 1.54) is 6.07 Å². The Balaban J connectivity index is 1.35. The number of benzene rings is 2. The molecule has 0 unspecified atom stereocenters. The SMILES string of the molecule is FC(F)(F)c1ccc(Cl)c(NC(=S)N2CCCN(Cc3noc(-c4ccccc4)n3)CC2)c1.